The minimum Gasteiger partial charge on any atom is -0.201 e. The maximum absolute atomic E-state index is 2.40. The zero-order valence-electron chi connectivity index (χ0n) is 18.5. The second-order valence-corrected chi connectivity index (χ2v) is 9.66. The highest BCUT2D eigenvalue weighted by molar-refractivity contribution is 5.70. The summed E-state index contributed by atoms with van der Waals surface area (Å²) in [4.78, 5) is 0. The molecule has 5 rings (SSSR count). The Morgan fingerprint density at radius 1 is 0.767 bits per heavy atom. The monoisotopic (exact) mass is 396 g/mol. The minimum atomic E-state index is 0.778. The second kappa shape index (κ2) is 8.38. The van der Waals surface area contributed by atoms with E-state index in [9.17, 15) is 0 Å². The highest BCUT2D eigenvalue weighted by Crippen LogP contribution is 2.46. The third-order valence-electron chi connectivity index (χ3n) is 7.83. The summed E-state index contributed by atoms with van der Waals surface area (Å²) in [6, 6.07) is 22.7. The lowest BCUT2D eigenvalue weighted by Crippen LogP contribution is -2.30. The van der Waals surface area contributed by atoms with Crippen LogP contribution in [-0.2, 0) is 7.05 Å². The van der Waals surface area contributed by atoms with E-state index in [0.29, 0.717) is 0 Å². The summed E-state index contributed by atoms with van der Waals surface area (Å²) in [7, 11) is 2.13. The van der Waals surface area contributed by atoms with Crippen molar-refractivity contribution < 1.29 is 4.57 Å². The van der Waals surface area contributed by atoms with Crippen LogP contribution in [0.2, 0.25) is 0 Å². The molecule has 154 valence electrons. The summed E-state index contributed by atoms with van der Waals surface area (Å²) in [6.45, 7) is 2.19. The van der Waals surface area contributed by atoms with Gasteiger partial charge in [0.05, 0.1) is 0 Å². The molecule has 0 amide bonds. The van der Waals surface area contributed by atoms with E-state index in [1.807, 2.05) is 0 Å². The van der Waals surface area contributed by atoms with Crippen LogP contribution in [0.25, 0.3) is 22.4 Å². The van der Waals surface area contributed by atoms with Gasteiger partial charge in [0.15, 0.2) is 6.20 Å². The predicted molar refractivity (Wildman–Crippen MR) is 125 cm³/mol. The van der Waals surface area contributed by atoms with Crippen molar-refractivity contribution >= 4 is 0 Å². The van der Waals surface area contributed by atoms with Crippen molar-refractivity contribution in [3.63, 3.8) is 0 Å². The summed E-state index contributed by atoms with van der Waals surface area (Å²) >= 11 is 0. The van der Waals surface area contributed by atoms with Crippen LogP contribution in [0.1, 0.15) is 62.0 Å². The van der Waals surface area contributed by atoms with Gasteiger partial charge in [0.2, 0.25) is 5.69 Å². The van der Waals surface area contributed by atoms with Gasteiger partial charge in [0.1, 0.15) is 7.05 Å². The molecule has 1 heterocycles. The quantitative estimate of drug-likeness (QED) is 0.410. The molecular formula is C29H34N+. The summed E-state index contributed by atoms with van der Waals surface area (Å²) < 4.78 is 2.22. The van der Waals surface area contributed by atoms with Crippen LogP contribution < -0.4 is 4.57 Å². The molecule has 1 aromatic heterocycles. The van der Waals surface area contributed by atoms with E-state index in [-0.39, 0.29) is 0 Å². The van der Waals surface area contributed by atoms with Gasteiger partial charge in [0, 0.05) is 17.7 Å². The fourth-order valence-corrected chi connectivity index (χ4v) is 6.00. The molecule has 2 aromatic carbocycles. The first-order valence-corrected chi connectivity index (χ1v) is 11.8. The van der Waals surface area contributed by atoms with Crippen LogP contribution in [-0.4, -0.2) is 0 Å². The van der Waals surface area contributed by atoms with Crippen molar-refractivity contribution in [1.82, 2.24) is 0 Å². The smallest absolute Gasteiger partial charge is 0.201 e. The van der Waals surface area contributed by atoms with Gasteiger partial charge in [-0.05, 0) is 72.3 Å². The van der Waals surface area contributed by atoms with Crippen molar-refractivity contribution in [3.05, 3.63) is 78.0 Å². The molecule has 1 heteroatoms. The molecule has 2 saturated carbocycles. The third-order valence-corrected chi connectivity index (χ3v) is 7.83. The molecule has 30 heavy (non-hydrogen) atoms. The van der Waals surface area contributed by atoms with E-state index >= 15 is 0 Å². The Labute approximate surface area is 181 Å². The number of hydrogen-bond donors (Lipinski definition) is 0. The molecule has 0 aliphatic heterocycles. The van der Waals surface area contributed by atoms with Gasteiger partial charge in [-0.15, -0.1) is 0 Å². The van der Waals surface area contributed by atoms with Gasteiger partial charge in [-0.3, -0.25) is 0 Å². The summed E-state index contributed by atoms with van der Waals surface area (Å²) in [5.41, 5.74) is 8.07. The molecule has 0 N–H and O–H groups in total. The van der Waals surface area contributed by atoms with E-state index in [1.54, 1.807) is 5.56 Å². The van der Waals surface area contributed by atoms with Crippen LogP contribution >= 0.6 is 0 Å². The van der Waals surface area contributed by atoms with Crippen LogP contribution in [0.15, 0.2) is 66.9 Å². The zero-order valence-corrected chi connectivity index (χ0v) is 18.5. The fourth-order valence-electron chi connectivity index (χ4n) is 6.00. The van der Waals surface area contributed by atoms with Crippen LogP contribution in [0, 0.1) is 18.8 Å². The molecule has 3 aromatic rings. The first kappa shape index (κ1) is 19.5. The van der Waals surface area contributed by atoms with Crippen LogP contribution in [0.4, 0.5) is 0 Å². The molecular weight excluding hydrogens is 362 g/mol. The van der Waals surface area contributed by atoms with E-state index < -0.39 is 0 Å². The van der Waals surface area contributed by atoms with Crippen molar-refractivity contribution in [3.8, 4) is 22.4 Å². The highest BCUT2D eigenvalue weighted by Gasteiger charge is 2.32. The van der Waals surface area contributed by atoms with Gasteiger partial charge in [-0.1, -0.05) is 68.1 Å². The number of rotatable bonds is 4. The summed E-state index contributed by atoms with van der Waals surface area (Å²) in [6.07, 6.45) is 12.4. The number of pyridine rings is 1. The molecule has 0 bridgehead atoms. The van der Waals surface area contributed by atoms with Crippen molar-refractivity contribution in [2.75, 3.05) is 0 Å². The number of aryl methyl sites for hydroxylation is 2. The van der Waals surface area contributed by atoms with Gasteiger partial charge >= 0.3 is 0 Å². The standard InChI is InChI=1S/C29H34N/c1-21-7-3-6-10-28(21)29-20-27(17-18-30(29)2)24-13-11-23(12-14-24)26-16-15-25(19-26)22-8-4-5-9-22/h3,6-7,10-14,17-18,20,22,25-26H,4-5,8-9,15-16,19H2,1-2H3/q+1. The van der Waals surface area contributed by atoms with Crippen molar-refractivity contribution in [2.24, 2.45) is 18.9 Å². The lowest BCUT2D eigenvalue weighted by molar-refractivity contribution is -0.660. The largest absolute Gasteiger partial charge is 0.213 e. The lowest BCUT2D eigenvalue weighted by Gasteiger charge is -2.18. The molecule has 2 aliphatic rings. The van der Waals surface area contributed by atoms with Crippen LogP contribution in [0.5, 0.6) is 0 Å². The van der Waals surface area contributed by atoms with E-state index in [4.69, 9.17) is 0 Å². The van der Waals surface area contributed by atoms with Gasteiger partial charge < -0.3 is 0 Å². The first-order valence-electron chi connectivity index (χ1n) is 11.8. The second-order valence-electron chi connectivity index (χ2n) is 9.66. The van der Waals surface area contributed by atoms with E-state index in [1.165, 1.54) is 72.9 Å². The lowest BCUT2D eigenvalue weighted by atomic mass is 9.87. The number of aromatic nitrogens is 1. The SMILES string of the molecule is Cc1ccccc1-c1cc(-c2ccc(C3CCC(C4CCCC4)C3)cc2)cc[n+]1C. The van der Waals surface area contributed by atoms with E-state index in [2.05, 4.69) is 85.4 Å². The first-order chi connectivity index (χ1) is 14.7. The Bertz CT molecular complexity index is 1010. The Kier molecular flexibility index (Phi) is 5.46. The fraction of sp³-hybridized carbons (Fsp3) is 0.414. The number of benzene rings is 2. The molecule has 2 fully saturated rings. The third kappa shape index (κ3) is 3.83. The van der Waals surface area contributed by atoms with Crippen molar-refractivity contribution in [1.29, 1.82) is 0 Å². The molecule has 2 unspecified atom stereocenters. The molecule has 1 nitrogen and oxygen atoms in total. The number of nitrogens with zero attached hydrogens (tertiary/aromatic N) is 1. The average Bonchev–Trinajstić information content (AvgIpc) is 3.47. The minimum absolute atomic E-state index is 0.778. The maximum Gasteiger partial charge on any atom is 0.213 e. The Hall–Kier alpha value is -2.41. The topological polar surface area (TPSA) is 3.88 Å². The summed E-state index contributed by atoms with van der Waals surface area (Å²) in [5, 5.41) is 0. The normalized spacial score (nSPS) is 21.9. The predicted octanol–water partition coefficient (Wildman–Crippen LogP) is 7.23. The van der Waals surface area contributed by atoms with Gasteiger partial charge in [-0.25, -0.2) is 4.57 Å². The molecule has 0 spiro atoms. The highest BCUT2D eigenvalue weighted by atomic mass is 14.9. The van der Waals surface area contributed by atoms with E-state index in [0.717, 1.165) is 17.8 Å². The molecule has 2 atom stereocenters. The van der Waals surface area contributed by atoms with Crippen molar-refractivity contribution in [2.45, 2.75) is 57.8 Å². The van der Waals surface area contributed by atoms with Gasteiger partial charge in [-0.2, -0.15) is 0 Å². The van der Waals surface area contributed by atoms with Gasteiger partial charge in [0.25, 0.3) is 0 Å². The van der Waals surface area contributed by atoms with Crippen LogP contribution in [0.3, 0.4) is 0 Å². The molecule has 2 aliphatic carbocycles. The maximum atomic E-state index is 2.40. The molecule has 0 saturated heterocycles. The Balaban J connectivity index is 1.36. The zero-order chi connectivity index (χ0) is 20.5. The Morgan fingerprint density at radius 3 is 2.30 bits per heavy atom. The average molecular weight is 397 g/mol. The molecule has 0 radical (unpaired) electrons. The Morgan fingerprint density at radius 2 is 1.53 bits per heavy atom. The number of hydrogen-bond acceptors (Lipinski definition) is 0. The summed E-state index contributed by atoms with van der Waals surface area (Å²) in [5.74, 6) is 2.79.